The molecule has 0 saturated carbocycles. The van der Waals surface area contributed by atoms with E-state index in [-0.39, 0.29) is 18.0 Å². The molecule has 2 aromatic rings. The molecular formula is C13H17N3O3S. The van der Waals surface area contributed by atoms with Crippen molar-refractivity contribution in [2.75, 3.05) is 0 Å². The summed E-state index contributed by atoms with van der Waals surface area (Å²) in [5.74, 6) is 0.883. The molecule has 108 valence electrons. The Bertz CT molecular complexity index is 693. The Kier molecular flexibility index (Phi) is 4.22. The van der Waals surface area contributed by atoms with Crippen LogP contribution in [0.15, 0.2) is 33.8 Å². The Hall–Kier alpha value is -1.70. The van der Waals surface area contributed by atoms with Gasteiger partial charge in [0, 0.05) is 31.0 Å². The van der Waals surface area contributed by atoms with Gasteiger partial charge in [0.1, 0.15) is 16.4 Å². The molecule has 2 heterocycles. The van der Waals surface area contributed by atoms with Crippen LogP contribution in [0.3, 0.4) is 0 Å². The first-order valence-corrected chi connectivity index (χ1v) is 7.61. The number of aryl methyl sites for hydroxylation is 2. The number of furan rings is 1. The zero-order chi connectivity index (χ0) is 14.8. The molecule has 0 unspecified atom stereocenters. The summed E-state index contributed by atoms with van der Waals surface area (Å²) in [4.78, 5) is 4.08. The van der Waals surface area contributed by atoms with Crippen LogP contribution in [0.2, 0.25) is 0 Å². The average molecular weight is 295 g/mol. The molecule has 0 atom stereocenters. The van der Waals surface area contributed by atoms with E-state index in [0.29, 0.717) is 17.1 Å². The van der Waals surface area contributed by atoms with Gasteiger partial charge in [0.15, 0.2) is 0 Å². The highest BCUT2D eigenvalue weighted by molar-refractivity contribution is 7.89. The van der Waals surface area contributed by atoms with Crippen LogP contribution in [-0.4, -0.2) is 13.4 Å². The van der Waals surface area contributed by atoms with Gasteiger partial charge in [-0.25, -0.2) is 13.1 Å². The van der Waals surface area contributed by atoms with Gasteiger partial charge in [-0.15, -0.1) is 0 Å². The molecular weight excluding hydrogens is 278 g/mol. The normalized spacial score (nSPS) is 11.8. The third kappa shape index (κ3) is 2.90. The first-order valence-electron chi connectivity index (χ1n) is 6.13. The fraction of sp³-hybridized carbons (Fsp3) is 0.308. The lowest BCUT2D eigenvalue weighted by atomic mass is 10.2. The molecule has 2 aromatic heterocycles. The van der Waals surface area contributed by atoms with E-state index in [1.807, 2.05) is 0 Å². The third-order valence-electron chi connectivity index (χ3n) is 2.99. The number of nitrogens with two attached hydrogens (primary N) is 1. The van der Waals surface area contributed by atoms with Gasteiger partial charge < -0.3 is 10.2 Å². The quantitative estimate of drug-likeness (QED) is 0.864. The summed E-state index contributed by atoms with van der Waals surface area (Å²) in [6.45, 7) is 3.61. The maximum atomic E-state index is 12.4. The van der Waals surface area contributed by atoms with Crippen LogP contribution in [0.5, 0.6) is 0 Å². The summed E-state index contributed by atoms with van der Waals surface area (Å²) in [7, 11) is -3.66. The van der Waals surface area contributed by atoms with Crippen molar-refractivity contribution in [2.24, 2.45) is 5.73 Å². The Labute approximate surface area is 118 Å². The first kappa shape index (κ1) is 14.7. The Morgan fingerprint density at radius 3 is 2.70 bits per heavy atom. The first-order chi connectivity index (χ1) is 9.45. The van der Waals surface area contributed by atoms with Crippen LogP contribution in [0, 0.1) is 13.8 Å². The molecule has 0 radical (unpaired) electrons. The zero-order valence-electron chi connectivity index (χ0n) is 11.4. The number of nitrogens with zero attached hydrogens (tertiary/aromatic N) is 1. The fourth-order valence-corrected chi connectivity index (χ4v) is 3.52. The van der Waals surface area contributed by atoms with E-state index in [9.17, 15) is 8.42 Å². The predicted octanol–water partition coefficient (Wildman–Crippen LogP) is 1.23. The van der Waals surface area contributed by atoms with E-state index < -0.39 is 10.0 Å². The smallest absolute Gasteiger partial charge is 0.244 e. The summed E-state index contributed by atoms with van der Waals surface area (Å²) < 4.78 is 32.6. The molecule has 0 aliphatic rings. The maximum absolute atomic E-state index is 12.4. The minimum atomic E-state index is -3.66. The SMILES string of the molecule is Cc1oc(C)c(S(=O)(=O)NCc2cccnc2)c1CN. The van der Waals surface area contributed by atoms with Gasteiger partial charge in [-0.05, 0) is 25.5 Å². The van der Waals surface area contributed by atoms with Crippen molar-refractivity contribution in [2.45, 2.75) is 31.8 Å². The highest BCUT2D eigenvalue weighted by Gasteiger charge is 2.25. The molecule has 0 saturated heterocycles. The molecule has 0 aliphatic heterocycles. The number of hydrogen-bond acceptors (Lipinski definition) is 5. The summed E-state index contributed by atoms with van der Waals surface area (Å²) >= 11 is 0. The standard InChI is InChI=1S/C13H17N3O3S/c1-9-12(6-14)13(10(2)19-9)20(17,18)16-8-11-4-3-5-15-7-11/h3-5,7,16H,6,8,14H2,1-2H3. The van der Waals surface area contributed by atoms with Crippen molar-refractivity contribution < 1.29 is 12.8 Å². The van der Waals surface area contributed by atoms with Crippen molar-refractivity contribution in [3.05, 3.63) is 47.2 Å². The summed E-state index contributed by atoms with van der Waals surface area (Å²) in [5.41, 5.74) is 6.90. The zero-order valence-corrected chi connectivity index (χ0v) is 12.2. The van der Waals surface area contributed by atoms with E-state index >= 15 is 0 Å². The largest absolute Gasteiger partial charge is 0.465 e. The number of pyridine rings is 1. The summed E-state index contributed by atoms with van der Waals surface area (Å²) in [5, 5.41) is 0. The highest BCUT2D eigenvalue weighted by Crippen LogP contribution is 2.26. The van der Waals surface area contributed by atoms with Crippen LogP contribution in [-0.2, 0) is 23.1 Å². The fourth-order valence-electron chi connectivity index (χ4n) is 2.05. The third-order valence-corrected chi connectivity index (χ3v) is 4.58. The molecule has 0 amide bonds. The van der Waals surface area contributed by atoms with Gasteiger partial charge in [-0.1, -0.05) is 6.07 Å². The second-order valence-corrected chi connectivity index (χ2v) is 6.12. The second kappa shape index (κ2) is 5.74. The van der Waals surface area contributed by atoms with Crippen molar-refractivity contribution in [3.8, 4) is 0 Å². The van der Waals surface area contributed by atoms with Crippen molar-refractivity contribution in [1.29, 1.82) is 0 Å². The molecule has 2 rings (SSSR count). The van der Waals surface area contributed by atoms with Gasteiger partial charge in [0.2, 0.25) is 10.0 Å². The van der Waals surface area contributed by atoms with Crippen LogP contribution < -0.4 is 10.5 Å². The van der Waals surface area contributed by atoms with Crippen molar-refractivity contribution in [1.82, 2.24) is 9.71 Å². The van der Waals surface area contributed by atoms with Crippen LogP contribution in [0.4, 0.5) is 0 Å². The Morgan fingerprint density at radius 1 is 1.35 bits per heavy atom. The number of nitrogens with one attached hydrogen (secondary N) is 1. The monoisotopic (exact) mass is 295 g/mol. The molecule has 0 aromatic carbocycles. The van der Waals surface area contributed by atoms with Crippen LogP contribution in [0.1, 0.15) is 22.6 Å². The highest BCUT2D eigenvalue weighted by atomic mass is 32.2. The minimum Gasteiger partial charge on any atom is -0.465 e. The maximum Gasteiger partial charge on any atom is 0.244 e. The van der Waals surface area contributed by atoms with Gasteiger partial charge in [0.25, 0.3) is 0 Å². The molecule has 0 fully saturated rings. The topological polar surface area (TPSA) is 98.2 Å². The molecule has 3 N–H and O–H groups in total. The molecule has 0 bridgehead atoms. The lowest BCUT2D eigenvalue weighted by molar-refractivity contribution is 0.494. The summed E-state index contributed by atoms with van der Waals surface area (Å²) in [6.07, 6.45) is 3.24. The van der Waals surface area contributed by atoms with Crippen LogP contribution in [0.25, 0.3) is 0 Å². The number of sulfonamides is 1. The minimum absolute atomic E-state index is 0.117. The van der Waals surface area contributed by atoms with Gasteiger partial charge in [-0.3, -0.25) is 4.98 Å². The van der Waals surface area contributed by atoms with Gasteiger partial charge >= 0.3 is 0 Å². The number of hydrogen-bond donors (Lipinski definition) is 2. The number of aromatic nitrogens is 1. The summed E-state index contributed by atoms with van der Waals surface area (Å²) in [6, 6.07) is 3.55. The number of rotatable bonds is 5. The van der Waals surface area contributed by atoms with Crippen molar-refractivity contribution >= 4 is 10.0 Å². The van der Waals surface area contributed by atoms with Gasteiger partial charge in [0.05, 0.1) is 0 Å². The second-order valence-electron chi connectivity index (χ2n) is 4.41. The Morgan fingerprint density at radius 2 is 2.10 bits per heavy atom. The molecule has 0 spiro atoms. The van der Waals surface area contributed by atoms with Crippen LogP contribution >= 0.6 is 0 Å². The molecule has 20 heavy (non-hydrogen) atoms. The lowest BCUT2D eigenvalue weighted by Gasteiger charge is -2.07. The average Bonchev–Trinajstić information content (AvgIpc) is 2.72. The Balaban J connectivity index is 2.27. The molecule has 0 aliphatic carbocycles. The van der Waals surface area contributed by atoms with E-state index in [2.05, 4.69) is 9.71 Å². The molecule has 7 heteroatoms. The van der Waals surface area contributed by atoms with Gasteiger partial charge in [-0.2, -0.15) is 0 Å². The van der Waals surface area contributed by atoms with E-state index in [4.69, 9.17) is 10.2 Å². The molecule has 6 nitrogen and oxygen atoms in total. The van der Waals surface area contributed by atoms with E-state index in [0.717, 1.165) is 5.56 Å². The van der Waals surface area contributed by atoms with Crippen molar-refractivity contribution in [3.63, 3.8) is 0 Å². The predicted molar refractivity (Wildman–Crippen MR) is 74.3 cm³/mol. The van der Waals surface area contributed by atoms with E-state index in [1.165, 1.54) is 0 Å². The lowest BCUT2D eigenvalue weighted by Crippen LogP contribution is -2.25. The van der Waals surface area contributed by atoms with E-state index in [1.54, 1.807) is 38.4 Å².